The maximum atomic E-state index is 12.0. The molecule has 0 amide bonds. The Morgan fingerprint density at radius 1 is 1.35 bits per heavy atom. The summed E-state index contributed by atoms with van der Waals surface area (Å²) in [5, 5.41) is 20.4. The van der Waals surface area contributed by atoms with Crippen LogP contribution in [-0.2, 0) is 11.3 Å². The second-order valence-electron chi connectivity index (χ2n) is 6.65. The lowest BCUT2D eigenvalue weighted by molar-refractivity contribution is 0.00494. The van der Waals surface area contributed by atoms with Crippen molar-refractivity contribution in [2.45, 2.75) is 44.3 Å². The Kier molecular flexibility index (Phi) is 5.36. The number of hydrogen-bond acceptors (Lipinski definition) is 5. The number of aliphatic hydroxyl groups is 2. The molecule has 1 saturated heterocycles. The maximum absolute atomic E-state index is 12.0. The number of rotatable bonds is 5. The van der Waals surface area contributed by atoms with Crippen molar-refractivity contribution in [1.29, 1.82) is 0 Å². The Morgan fingerprint density at radius 3 is 2.57 bits per heavy atom. The van der Waals surface area contributed by atoms with Crippen LogP contribution in [0.25, 0.3) is 0 Å². The van der Waals surface area contributed by atoms with Gasteiger partial charge in [-0.2, -0.15) is 0 Å². The zero-order chi connectivity index (χ0) is 17.4. The van der Waals surface area contributed by atoms with Gasteiger partial charge in [0.2, 0.25) is 0 Å². The molecule has 2 unspecified atom stereocenters. The van der Waals surface area contributed by atoms with Gasteiger partial charge in [0.05, 0.1) is 11.7 Å². The molecule has 1 fully saturated rings. The van der Waals surface area contributed by atoms with Crippen molar-refractivity contribution in [2.75, 3.05) is 19.5 Å². The van der Waals surface area contributed by atoms with E-state index in [9.17, 15) is 19.8 Å². The predicted octanol–water partition coefficient (Wildman–Crippen LogP) is -0.182. The number of aromatic amines is 1. The van der Waals surface area contributed by atoms with E-state index in [1.165, 1.54) is 10.8 Å². The summed E-state index contributed by atoms with van der Waals surface area (Å²) < 4.78 is 7.07. The molecular formula is C15H25N2O5P. The van der Waals surface area contributed by atoms with Crippen molar-refractivity contribution in [2.24, 2.45) is 0 Å². The fraction of sp³-hybridized carbons (Fsp3) is 0.667. The van der Waals surface area contributed by atoms with Crippen LogP contribution >= 0.6 is 6.89 Å². The molecule has 1 aromatic heterocycles. The summed E-state index contributed by atoms with van der Waals surface area (Å²) in [6.07, 6.45) is 3.15. The molecule has 3 N–H and O–H groups in total. The normalized spacial score (nSPS) is 28.2. The van der Waals surface area contributed by atoms with Crippen molar-refractivity contribution in [3.8, 4) is 0 Å². The minimum absolute atomic E-state index is 0.157. The van der Waals surface area contributed by atoms with E-state index in [1.807, 2.05) is 0 Å². The van der Waals surface area contributed by atoms with Crippen molar-refractivity contribution in [3.63, 3.8) is 0 Å². The number of hydrogen-bond donors (Lipinski definition) is 3. The van der Waals surface area contributed by atoms with Gasteiger partial charge in [0, 0.05) is 12.7 Å². The number of nitrogens with one attached hydrogen (secondary N) is 1. The van der Waals surface area contributed by atoms with E-state index in [2.05, 4.69) is 24.6 Å². The summed E-state index contributed by atoms with van der Waals surface area (Å²) in [6, 6.07) is 0. The Hall–Kier alpha value is -1.14. The minimum atomic E-state index is -1.27. The molecule has 0 bridgehead atoms. The molecule has 7 nitrogen and oxygen atoms in total. The molecular weight excluding hydrogens is 319 g/mol. The van der Waals surface area contributed by atoms with Crippen LogP contribution in [0.5, 0.6) is 0 Å². The molecule has 130 valence electrons. The third-order valence-corrected chi connectivity index (χ3v) is 5.54. The van der Waals surface area contributed by atoms with E-state index in [0.29, 0.717) is 13.0 Å². The van der Waals surface area contributed by atoms with Crippen LogP contribution in [0.3, 0.4) is 0 Å². The molecule has 2 rings (SSSR count). The van der Waals surface area contributed by atoms with E-state index in [1.54, 1.807) is 6.92 Å². The van der Waals surface area contributed by atoms with Gasteiger partial charge in [0.1, 0.15) is 18.3 Å². The van der Waals surface area contributed by atoms with Crippen molar-refractivity contribution in [1.82, 2.24) is 9.55 Å². The second-order valence-corrected chi connectivity index (χ2v) is 11.0. The predicted molar refractivity (Wildman–Crippen MR) is 92.0 cm³/mol. The summed E-state index contributed by atoms with van der Waals surface area (Å²) in [5.41, 5.74) is -0.944. The van der Waals surface area contributed by atoms with Gasteiger partial charge in [0.25, 0.3) is 5.56 Å². The number of aliphatic hydroxyl groups excluding tert-OH is 2. The van der Waals surface area contributed by atoms with E-state index in [-0.39, 0.29) is 5.56 Å². The molecule has 1 aromatic rings. The lowest BCUT2D eigenvalue weighted by Crippen LogP contribution is -2.35. The number of ether oxygens (including phenoxy) is 1. The highest BCUT2D eigenvalue weighted by molar-refractivity contribution is 7.72. The van der Waals surface area contributed by atoms with Gasteiger partial charge in [-0.05, 0) is 32.8 Å². The quantitative estimate of drug-likeness (QED) is 0.643. The van der Waals surface area contributed by atoms with Crippen LogP contribution in [0.2, 0.25) is 0 Å². The maximum Gasteiger partial charge on any atom is 0.328 e. The Balaban J connectivity index is 2.26. The fourth-order valence-electron chi connectivity index (χ4n) is 2.68. The van der Waals surface area contributed by atoms with Crippen molar-refractivity contribution < 1.29 is 14.9 Å². The molecule has 2 heterocycles. The first-order valence-electron chi connectivity index (χ1n) is 7.66. The SMILES string of the molecule is C=P(C)(C)CCC1OC(c2cn(CC)c(=O)[nH]c2=O)[C@H](O)[C@@H]1O. The Labute approximate surface area is 134 Å². The first kappa shape index (κ1) is 18.2. The van der Waals surface area contributed by atoms with Crippen molar-refractivity contribution >= 4 is 13.2 Å². The molecule has 4 atom stereocenters. The third-order valence-electron chi connectivity index (χ3n) is 4.07. The van der Waals surface area contributed by atoms with E-state index < -0.39 is 42.6 Å². The number of aryl methyl sites for hydroxylation is 1. The van der Waals surface area contributed by atoms with Gasteiger partial charge < -0.3 is 19.5 Å². The minimum Gasteiger partial charge on any atom is -0.388 e. The van der Waals surface area contributed by atoms with Crippen LogP contribution in [0.1, 0.15) is 25.0 Å². The number of nitrogens with zero attached hydrogens (tertiary/aromatic N) is 1. The largest absolute Gasteiger partial charge is 0.388 e. The summed E-state index contributed by atoms with van der Waals surface area (Å²) in [4.78, 5) is 25.9. The highest BCUT2D eigenvalue weighted by atomic mass is 31.2. The van der Waals surface area contributed by atoms with Crippen LogP contribution < -0.4 is 11.2 Å². The molecule has 0 saturated carbocycles. The standard InChI is InChI=1S/C15H25N2O5P/c1-5-17-8-9(14(20)16-15(17)21)13-12(19)11(18)10(22-13)6-7-23(2,3)4/h8,10-13,18-19H,2,5-7H2,1,3-4H3,(H,16,20,21)/t10?,11-,12-,13?/m1/s1. The lowest BCUT2D eigenvalue weighted by atomic mass is 10.0. The molecule has 1 aliphatic rings. The van der Waals surface area contributed by atoms with Crippen LogP contribution in [0, 0.1) is 0 Å². The van der Waals surface area contributed by atoms with E-state index in [0.717, 1.165) is 6.16 Å². The monoisotopic (exact) mass is 344 g/mol. The molecule has 0 aromatic carbocycles. The molecule has 1 aliphatic heterocycles. The van der Waals surface area contributed by atoms with Crippen LogP contribution in [0.15, 0.2) is 15.8 Å². The number of aromatic nitrogens is 2. The first-order chi connectivity index (χ1) is 10.6. The van der Waals surface area contributed by atoms with Gasteiger partial charge in [-0.25, -0.2) is 4.79 Å². The Morgan fingerprint density at radius 2 is 2.00 bits per heavy atom. The highest BCUT2D eigenvalue weighted by Gasteiger charge is 2.44. The topological polar surface area (TPSA) is 105 Å². The van der Waals surface area contributed by atoms with E-state index >= 15 is 0 Å². The van der Waals surface area contributed by atoms with Crippen LogP contribution in [0.4, 0.5) is 0 Å². The molecule has 0 radical (unpaired) electrons. The summed E-state index contributed by atoms with van der Waals surface area (Å²) in [6.45, 7) is 5.06. The second kappa shape index (κ2) is 6.77. The van der Waals surface area contributed by atoms with Gasteiger partial charge in [-0.1, -0.05) is 0 Å². The lowest BCUT2D eigenvalue weighted by Gasteiger charge is -2.18. The smallest absolute Gasteiger partial charge is 0.328 e. The van der Waals surface area contributed by atoms with Gasteiger partial charge in [-0.15, -0.1) is 13.2 Å². The molecule has 0 spiro atoms. The van der Waals surface area contributed by atoms with Gasteiger partial charge >= 0.3 is 5.69 Å². The van der Waals surface area contributed by atoms with E-state index in [4.69, 9.17) is 4.74 Å². The van der Waals surface area contributed by atoms with Gasteiger partial charge in [0.15, 0.2) is 0 Å². The number of H-pyrrole nitrogens is 1. The zero-order valence-electron chi connectivity index (χ0n) is 13.7. The fourth-order valence-corrected chi connectivity index (χ4v) is 3.64. The first-order valence-corrected chi connectivity index (χ1v) is 10.7. The summed E-state index contributed by atoms with van der Waals surface area (Å²) in [5.74, 6) is 0. The molecule has 8 heteroatoms. The van der Waals surface area contributed by atoms with Crippen LogP contribution in [-0.4, -0.2) is 63.9 Å². The summed E-state index contributed by atoms with van der Waals surface area (Å²) >= 11 is 0. The average Bonchev–Trinajstić information content (AvgIpc) is 2.73. The third kappa shape index (κ3) is 4.04. The molecule has 23 heavy (non-hydrogen) atoms. The zero-order valence-corrected chi connectivity index (χ0v) is 14.6. The summed E-state index contributed by atoms with van der Waals surface area (Å²) in [7, 11) is 0. The Bertz CT molecular complexity index is 719. The van der Waals surface area contributed by atoms with Gasteiger partial charge in [-0.3, -0.25) is 9.78 Å². The highest BCUT2D eigenvalue weighted by Crippen LogP contribution is 2.40. The van der Waals surface area contributed by atoms with Crippen molar-refractivity contribution in [3.05, 3.63) is 32.6 Å². The molecule has 0 aliphatic carbocycles. The average molecular weight is 344 g/mol.